The Morgan fingerprint density at radius 3 is 2.35 bits per heavy atom. The van der Waals surface area contributed by atoms with Crippen molar-refractivity contribution in [3.63, 3.8) is 0 Å². The maximum atomic E-state index is 14.2. The molecule has 6 rings (SSSR count). The summed E-state index contributed by atoms with van der Waals surface area (Å²) in [5.74, 6) is -0.589. The average Bonchev–Trinajstić information content (AvgIpc) is 3.38. The van der Waals surface area contributed by atoms with Gasteiger partial charge in [0.2, 0.25) is 11.9 Å². The summed E-state index contributed by atoms with van der Waals surface area (Å²) in [4.78, 5) is 57.8. The number of hydrogen-bond acceptors (Lipinski definition) is 9. The fraction of sp³-hybridized carbons (Fsp3) is 0.471. The molecule has 3 aliphatic rings. The zero-order valence-corrected chi connectivity index (χ0v) is 29.4. The number of aromatic nitrogens is 2. The Morgan fingerprint density at radius 1 is 1.04 bits per heavy atom. The van der Waals surface area contributed by atoms with Gasteiger partial charge in [-0.15, -0.1) is 0 Å². The first-order valence-corrected chi connectivity index (χ1v) is 18.5. The first-order valence-electron chi connectivity index (χ1n) is 16.7. The number of hydrogen-bond donors (Lipinski definition) is 4. The lowest BCUT2D eigenvalue weighted by Crippen LogP contribution is -2.52. The van der Waals surface area contributed by atoms with Gasteiger partial charge in [0.05, 0.1) is 30.2 Å². The summed E-state index contributed by atoms with van der Waals surface area (Å²) in [5.41, 5.74) is 1.78. The van der Waals surface area contributed by atoms with Crippen molar-refractivity contribution in [1.82, 2.24) is 24.7 Å². The van der Waals surface area contributed by atoms with E-state index in [-0.39, 0.29) is 40.8 Å². The van der Waals surface area contributed by atoms with Crippen LogP contribution in [0, 0.1) is 0 Å². The molecule has 3 aromatic rings. The number of halogens is 3. The van der Waals surface area contributed by atoms with Crippen LogP contribution in [0.1, 0.15) is 71.1 Å². The monoisotopic (exact) mass is 731 g/mol. The lowest BCUT2D eigenvalue weighted by atomic mass is 9.78. The second kappa shape index (κ2) is 14.4. The van der Waals surface area contributed by atoms with Crippen molar-refractivity contribution >= 4 is 42.6 Å². The second-order valence-corrected chi connectivity index (χ2v) is 15.0. The summed E-state index contributed by atoms with van der Waals surface area (Å²) >= 11 is 0. The number of carbonyl (C=O) groups is 2. The Labute approximate surface area is 293 Å². The third-order valence-corrected chi connectivity index (χ3v) is 10.7. The van der Waals surface area contributed by atoms with Gasteiger partial charge in [-0.2, -0.15) is 18.2 Å². The molecule has 0 unspecified atom stereocenters. The van der Waals surface area contributed by atoms with E-state index in [1.54, 1.807) is 24.9 Å². The molecular weight excluding hydrogens is 690 g/mol. The van der Waals surface area contributed by atoms with E-state index in [1.807, 2.05) is 11.0 Å². The molecule has 2 fully saturated rings. The van der Waals surface area contributed by atoms with Crippen LogP contribution >= 0.6 is 7.60 Å². The summed E-state index contributed by atoms with van der Waals surface area (Å²) in [6, 6.07) is 8.29. The quantitative estimate of drug-likeness (QED) is 0.208. The Balaban J connectivity index is 1.24. The molecule has 2 aliphatic heterocycles. The minimum atomic E-state index is -4.82. The SMILES string of the molecule is COc1cc(CP(=O)(O)O)ccc1Nc1ncc(C(F)(F)F)c(Nc2ccc([C@H]3CC[C@@H](N4CCN(C(C)=O)CC4)CC3)c3c2C(=O)N(C)C3)n1. The van der Waals surface area contributed by atoms with Crippen molar-refractivity contribution in [2.45, 2.75) is 63.4 Å². The normalized spacial score (nSPS) is 20.0. The molecular formula is C34H41F3N7O6P. The highest BCUT2D eigenvalue weighted by molar-refractivity contribution is 7.50. The first kappa shape index (κ1) is 36.5. The maximum Gasteiger partial charge on any atom is 0.421 e. The van der Waals surface area contributed by atoms with Gasteiger partial charge in [0, 0.05) is 58.9 Å². The summed E-state index contributed by atoms with van der Waals surface area (Å²) in [7, 11) is -1.35. The van der Waals surface area contributed by atoms with Crippen LogP contribution in [0.4, 0.5) is 36.3 Å². The molecule has 2 aromatic carbocycles. The van der Waals surface area contributed by atoms with Crippen LogP contribution in [0.2, 0.25) is 0 Å². The highest BCUT2D eigenvalue weighted by Crippen LogP contribution is 2.44. The number of fused-ring (bicyclic) bond motifs is 1. The zero-order valence-electron chi connectivity index (χ0n) is 28.5. The predicted molar refractivity (Wildman–Crippen MR) is 183 cm³/mol. The number of piperazine rings is 1. The van der Waals surface area contributed by atoms with Crippen LogP contribution in [0.5, 0.6) is 5.75 Å². The van der Waals surface area contributed by atoms with Crippen LogP contribution in [0.25, 0.3) is 0 Å². The molecule has 2 amide bonds. The van der Waals surface area contributed by atoms with Gasteiger partial charge >= 0.3 is 13.8 Å². The number of ether oxygens (including phenoxy) is 1. The summed E-state index contributed by atoms with van der Waals surface area (Å²) in [6.45, 7) is 5.10. The molecule has 0 radical (unpaired) electrons. The van der Waals surface area contributed by atoms with E-state index in [1.165, 1.54) is 25.3 Å². The highest BCUT2D eigenvalue weighted by Gasteiger charge is 2.38. The summed E-state index contributed by atoms with van der Waals surface area (Å²) in [6.07, 6.45) is -0.904. The third kappa shape index (κ3) is 8.14. The number of alkyl halides is 3. The van der Waals surface area contributed by atoms with E-state index in [0.29, 0.717) is 29.9 Å². The number of nitrogens with zero attached hydrogens (tertiary/aromatic N) is 5. The number of amides is 2. The van der Waals surface area contributed by atoms with E-state index < -0.39 is 31.3 Å². The number of nitrogens with one attached hydrogen (secondary N) is 2. The Bertz CT molecular complexity index is 1860. The van der Waals surface area contributed by atoms with Crippen LogP contribution in [0.3, 0.4) is 0 Å². The van der Waals surface area contributed by atoms with Crippen molar-refractivity contribution in [3.05, 3.63) is 64.3 Å². The van der Waals surface area contributed by atoms with E-state index in [9.17, 15) is 37.1 Å². The van der Waals surface area contributed by atoms with E-state index in [0.717, 1.165) is 63.0 Å². The van der Waals surface area contributed by atoms with Gasteiger partial charge in [-0.1, -0.05) is 12.1 Å². The highest BCUT2D eigenvalue weighted by atomic mass is 31.2. The molecule has 1 aliphatic carbocycles. The Kier molecular flexibility index (Phi) is 10.3. The molecule has 3 heterocycles. The van der Waals surface area contributed by atoms with Crippen LogP contribution < -0.4 is 15.4 Å². The molecule has 17 heteroatoms. The average molecular weight is 732 g/mol. The fourth-order valence-electron chi connectivity index (χ4n) is 7.39. The lowest BCUT2D eigenvalue weighted by Gasteiger charge is -2.42. The minimum Gasteiger partial charge on any atom is -0.495 e. The summed E-state index contributed by atoms with van der Waals surface area (Å²) in [5, 5.41) is 5.63. The van der Waals surface area contributed by atoms with Crippen LogP contribution in [0.15, 0.2) is 36.5 Å². The molecule has 1 aromatic heterocycles. The Morgan fingerprint density at radius 2 is 1.73 bits per heavy atom. The topological polar surface area (TPSA) is 160 Å². The molecule has 0 spiro atoms. The largest absolute Gasteiger partial charge is 0.495 e. The van der Waals surface area contributed by atoms with Gasteiger partial charge in [0.25, 0.3) is 5.91 Å². The van der Waals surface area contributed by atoms with E-state index in [4.69, 9.17) is 4.74 Å². The van der Waals surface area contributed by atoms with Crippen LogP contribution in [-0.4, -0.2) is 92.6 Å². The standard InChI is InChI=1S/C34H41F3N7O6P/c1-20(45)43-12-14-44(15-13-43)23-7-5-22(6-8-23)24-9-11-28(30-25(24)18-42(2)32(30)46)39-31-26(34(35,36)37)17-38-33(41-31)40-27-10-4-21(16-29(27)50-3)19-51(47,48)49/h4,9-11,16-17,22-23H,5-8,12-15,18-19H2,1-3H3,(H2,47,48,49)(H2,38,39,40,41)/t22-,23+. The lowest BCUT2D eigenvalue weighted by molar-refractivity contribution is -0.137. The number of anilines is 4. The minimum absolute atomic E-state index is 0.0995. The Hall–Kier alpha value is -4.24. The van der Waals surface area contributed by atoms with Gasteiger partial charge in [-0.3, -0.25) is 19.1 Å². The molecule has 1 saturated heterocycles. The molecule has 13 nitrogen and oxygen atoms in total. The second-order valence-electron chi connectivity index (χ2n) is 13.3. The van der Waals surface area contributed by atoms with Gasteiger partial charge < -0.3 is 35.0 Å². The maximum absolute atomic E-state index is 14.2. The van der Waals surface area contributed by atoms with Crippen LogP contribution in [-0.2, 0) is 28.2 Å². The molecule has 4 N–H and O–H groups in total. The molecule has 51 heavy (non-hydrogen) atoms. The van der Waals surface area contributed by atoms with Crippen molar-refractivity contribution in [2.75, 3.05) is 51.0 Å². The summed E-state index contributed by atoms with van der Waals surface area (Å²) < 4.78 is 59.5. The van der Waals surface area contributed by atoms with Gasteiger partial charge in [-0.05, 0) is 66.5 Å². The third-order valence-electron chi connectivity index (χ3n) is 9.97. The van der Waals surface area contributed by atoms with Crippen molar-refractivity contribution in [3.8, 4) is 5.75 Å². The number of benzene rings is 2. The predicted octanol–water partition coefficient (Wildman–Crippen LogP) is 5.44. The zero-order chi connectivity index (χ0) is 36.7. The van der Waals surface area contributed by atoms with Gasteiger partial charge in [0.1, 0.15) is 17.1 Å². The first-order chi connectivity index (χ1) is 24.1. The van der Waals surface area contributed by atoms with Crippen molar-refractivity contribution in [1.29, 1.82) is 0 Å². The molecule has 274 valence electrons. The smallest absolute Gasteiger partial charge is 0.421 e. The van der Waals surface area contributed by atoms with Gasteiger partial charge in [-0.25, -0.2) is 4.98 Å². The molecule has 0 bridgehead atoms. The fourth-order valence-corrected chi connectivity index (χ4v) is 8.06. The van der Waals surface area contributed by atoms with Crippen molar-refractivity contribution in [2.24, 2.45) is 0 Å². The number of methoxy groups -OCH3 is 1. The van der Waals surface area contributed by atoms with Crippen molar-refractivity contribution < 1.29 is 41.8 Å². The van der Waals surface area contributed by atoms with E-state index >= 15 is 0 Å². The molecule has 0 atom stereocenters. The van der Waals surface area contributed by atoms with Gasteiger partial charge in [0.15, 0.2) is 0 Å². The van der Waals surface area contributed by atoms with E-state index in [2.05, 4.69) is 25.5 Å². The molecule has 1 saturated carbocycles. The number of carbonyl (C=O) groups excluding carboxylic acids is 2. The number of rotatable bonds is 9.